The van der Waals surface area contributed by atoms with E-state index in [0.29, 0.717) is 6.54 Å². The highest BCUT2D eigenvalue weighted by molar-refractivity contribution is 5.93. The van der Waals surface area contributed by atoms with Gasteiger partial charge < -0.3 is 15.0 Å². The van der Waals surface area contributed by atoms with Crippen LogP contribution in [0.1, 0.15) is 38.4 Å². The van der Waals surface area contributed by atoms with Crippen molar-refractivity contribution in [3.05, 3.63) is 42.2 Å². The monoisotopic (exact) mass is 394 g/mol. The van der Waals surface area contributed by atoms with Crippen LogP contribution in [-0.2, 0) is 4.79 Å². The van der Waals surface area contributed by atoms with Crippen LogP contribution in [-0.4, -0.2) is 45.9 Å². The van der Waals surface area contributed by atoms with Crippen molar-refractivity contribution in [3.63, 3.8) is 0 Å². The standard InChI is InChI=1S/C21H26N6O2/c1-14(2)20-24-23-18-10-11-19(25-27(18)20)26-12-4-5-15(13-26)21(28)22-16-6-8-17(29-3)9-7-16/h6-11,14-15H,4-5,12-13H2,1-3H3,(H,22,28)/t15-/m1/s1. The Morgan fingerprint density at radius 3 is 2.69 bits per heavy atom. The van der Waals surface area contributed by atoms with Crippen molar-refractivity contribution >= 4 is 23.1 Å². The molecule has 0 unspecified atom stereocenters. The van der Waals surface area contributed by atoms with E-state index >= 15 is 0 Å². The van der Waals surface area contributed by atoms with Crippen LogP contribution in [0.25, 0.3) is 5.65 Å². The van der Waals surface area contributed by atoms with Crippen molar-refractivity contribution < 1.29 is 9.53 Å². The highest BCUT2D eigenvalue weighted by Crippen LogP contribution is 2.24. The number of hydrogen-bond donors (Lipinski definition) is 1. The fourth-order valence-electron chi connectivity index (χ4n) is 3.64. The number of methoxy groups -OCH3 is 1. The predicted molar refractivity (Wildman–Crippen MR) is 111 cm³/mol. The van der Waals surface area contributed by atoms with Crippen LogP contribution >= 0.6 is 0 Å². The third-order valence-electron chi connectivity index (χ3n) is 5.26. The predicted octanol–water partition coefficient (Wildman–Crippen LogP) is 3.11. The molecule has 29 heavy (non-hydrogen) atoms. The molecule has 152 valence electrons. The molecule has 1 aliphatic rings. The van der Waals surface area contributed by atoms with Gasteiger partial charge in [0, 0.05) is 24.7 Å². The van der Waals surface area contributed by atoms with Gasteiger partial charge in [0.1, 0.15) is 11.6 Å². The maximum atomic E-state index is 12.8. The second kappa shape index (κ2) is 8.06. The number of carbonyl (C=O) groups is 1. The van der Waals surface area contributed by atoms with Crippen molar-refractivity contribution in [3.8, 4) is 5.75 Å². The molecule has 1 N–H and O–H groups in total. The van der Waals surface area contributed by atoms with E-state index in [1.54, 1.807) is 11.6 Å². The van der Waals surface area contributed by atoms with Crippen molar-refractivity contribution in [2.24, 2.45) is 5.92 Å². The largest absolute Gasteiger partial charge is 0.497 e. The average Bonchev–Trinajstić information content (AvgIpc) is 3.18. The van der Waals surface area contributed by atoms with Crippen molar-refractivity contribution in [1.29, 1.82) is 0 Å². The number of fused-ring (bicyclic) bond motifs is 1. The molecule has 1 atom stereocenters. The second-order valence-electron chi connectivity index (χ2n) is 7.68. The topological polar surface area (TPSA) is 84.6 Å². The minimum atomic E-state index is -0.0890. The molecule has 0 radical (unpaired) electrons. The fourth-order valence-corrected chi connectivity index (χ4v) is 3.64. The third-order valence-corrected chi connectivity index (χ3v) is 5.26. The van der Waals surface area contributed by atoms with E-state index in [1.165, 1.54) is 0 Å². The molecule has 0 spiro atoms. The number of carbonyl (C=O) groups excluding carboxylic acids is 1. The summed E-state index contributed by atoms with van der Waals surface area (Å²) in [6, 6.07) is 11.3. The summed E-state index contributed by atoms with van der Waals surface area (Å²) < 4.78 is 6.97. The number of hydrogen-bond acceptors (Lipinski definition) is 6. The van der Waals surface area contributed by atoms with Crippen molar-refractivity contribution in [2.75, 3.05) is 30.4 Å². The Balaban J connectivity index is 1.48. The zero-order valence-corrected chi connectivity index (χ0v) is 17.0. The van der Waals surface area contributed by atoms with Gasteiger partial charge in [-0.1, -0.05) is 13.8 Å². The van der Waals surface area contributed by atoms with Gasteiger partial charge in [0.25, 0.3) is 0 Å². The molecule has 8 heteroatoms. The average molecular weight is 394 g/mol. The zero-order valence-electron chi connectivity index (χ0n) is 17.0. The Hall–Kier alpha value is -3.16. The molecule has 0 aliphatic carbocycles. The number of nitrogens with zero attached hydrogens (tertiary/aromatic N) is 5. The number of anilines is 2. The summed E-state index contributed by atoms with van der Waals surface area (Å²) in [5.41, 5.74) is 1.52. The smallest absolute Gasteiger partial charge is 0.229 e. The molecular formula is C21H26N6O2. The quantitative estimate of drug-likeness (QED) is 0.716. The Bertz CT molecular complexity index is 998. The van der Waals surface area contributed by atoms with E-state index in [1.807, 2.05) is 36.4 Å². The van der Waals surface area contributed by atoms with E-state index in [-0.39, 0.29) is 17.7 Å². The first-order chi connectivity index (χ1) is 14.0. The maximum absolute atomic E-state index is 12.8. The number of amides is 1. The Morgan fingerprint density at radius 1 is 1.17 bits per heavy atom. The van der Waals surface area contributed by atoms with E-state index in [2.05, 4.69) is 34.3 Å². The Morgan fingerprint density at radius 2 is 1.97 bits per heavy atom. The Labute approximate surface area is 169 Å². The molecule has 3 heterocycles. The van der Waals surface area contributed by atoms with Gasteiger partial charge in [-0.3, -0.25) is 4.79 Å². The maximum Gasteiger partial charge on any atom is 0.229 e. The molecule has 8 nitrogen and oxygen atoms in total. The van der Waals surface area contributed by atoms with Gasteiger partial charge in [-0.2, -0.15) is 4.52 Å². The molecule has 1 fully saturated rings. The van der Waals surface area contributed by atoms with Gasteiger partial charge in [0.2, 0.25) is 5.91 Å². The molecule has 0 saturated carbocycles. The summed E-state index contributed by atoms with van der Waals surface area (Å²) in [5.74, 6) is 2.64. The van der Waals surface area contributed by atoms with Crippen LogP contribution in [0.3, 0.4) is 0 Å². The number of rotatable bonds is 5. The van der Waals surface area contributed by atoms with Crippen LogP contribution in [0, 0.1) is 5.92 Å². The number of aromatic nitrogens is 4. The summed E-state index contributed by atoms with van der Waals surface area (Å²) in [4.78, 5) is 15.0. The van der Waals surface area contributed by atoms with E-state index in [9.17, 15) is 4.79 Å². The first kappa shape index (κ1) is 19.2. The molecule has 4 rings (SSSR count). The molecule has 1 aliphatic heterocycles. The first-order valence-corrected chi connectivity index (χ1v) is 9.97. The van der Waals surface area contributed by atoms with Crippen LogP contribution < -0.4 is 15.0 Å². The normalized spacial score (nSPS) is 17.0. The lowest BCUT2D eigenvalue weighted by molar-refractivity contribution is -0.120. The van der Waals surface area contributed by atoms with Crippen LogP contribution in [0.2, 0.25) is 0 Å². The van der Waals surface area contributed by atoms with Gasteiger partial charge in [-0.25, -0.2) is 0 Å². The number of ether oxygens (including phenoxy) is 1. The van der Waals surface area contributed by atoms with Gasteiger partial charge in [0.15, 0.2) is 11.5 Å². The van der Waals surface area contributed by atoms with Gasteiger partial charge >= 0.3 is 0 Å². The molecule has 0 bridgehead atoms. The van der Waals surface area contributed by atoms with E-state index in [0.717, 1.165) is 48.1 Å². The zero-order chi connectivity index (χ0) is 20.4. The summed E-state index contributed by atoms with van der Waals surface area (Å²) in [6.45, 7) is 5.67. The van der Waals surface area contributed by atoms with Gasteiger partial charge in [-0.05, 0) is 49.2 Å². The summed E-state index contributed by atoms with van der Waals surface area (Å²) in [6.07, 6.45) is 1.81. The van der Waals surface area contributed by atoms with Crippen LogP contribution in [0.15, 0.2) is 36.4 Å². The second-order valence-corrected chi connectivity index (χ2v) is 7.68. The van der Waals surface area contributed by atoms with Crippen molar-refractivity contribution in [1.82, 2.24) is 19.8 Å². The number of benzene rings is 1. The highest BCUT2D eigenvalue weighted by Gasteiger charge is 2.27. The first-order valence-electron chi connectivity index (χ1n) is 9.97. The highest BCUT2D eigenvalue weighted by atomic mass is 16.5. The lowest BCUT2D eigenvalue weighted by atomic mass is 9.97. The van der Waals surface area contributed by atoms with Gasteiger partial charge in [-0.15, -0.1) is 15.3 Å². The summed E-state index contributed by atoms with van der Waals surface area (Å²) in [5, 5.41) is 16.2. The van der Waals surface area contributed by atoms with Crippen LogP contribution in [0.4, 0.5) is 11.5 Å². The number of nitrogens with one attached hydrogen (secondary N) is 1. The minimum absolute atomic E-state index is 0.0353. The van der Waals surface area contributed by atoms with Crippen LogP contribution in [0.5, 0.6) is 5.75 Å². The molecule has 1 saturated heterocycles. The molecule has 1 aromatic carbocycles. The number of piperidine rings is 1. The SMILES string of the molecule is COc1ccc(NC(=O)[C@@H]2CCCN(c3ccc4nnc(C(C)C)n4n3)C2)cc1. The molecular weight excluding hydrogens is 368 g/mol. The van der Waals surface area contributed by atoms with E-state index < -0.39 is 0 Å². The summed E-state index contributed by atoms with van der Waals surface area (Å²) >= 11 is 0. The molecule has 1 amide bonds. The Kier molecular flexibility index (Phi) is 5.33. The lowest BCUT2D eigenvalue weighted by Crippen LogP contribution is -2.41. The van der Waals surface area contributed by atoms with E-state index in [4.69, 9.17) is 9.84 Å². The van der Waals surface area contributed by atoms with Gasteiger partial charge in [0.05, 0.1) is 13.0 Å². The molecule has 3 aromatic rings. The third kappa shape index (κ3) is 4.01. The van der Waals surface area contributed by atoms with Crippen molar-refractivity contribution in [2.45, 2.75) is 32.6 Å². The fraction of sp³-hybridized carbons (Fsp3) is 0.429. The summed E-state index contributed by atoms with van der Waals surface area (Å²) in [7, 11) is 1.62. The minimum Gasteiger partial charge on any atom is -0.497 e. The molecule has 2 aromatic heterocycles. The lowest BCUT2D eigenvalue weighted by Gasteiger charge is -2.32.